The van der Waals surface area contributed by atoms with Crippen molar-refractivity contribution in [2.45, 2.75) is 70.4 Å². The molecule has 0 radical (unpaired) electrons. The van der Waals surface area contributed by atoms with Crippen LogP contribution in [0.4, 0.5) is 11.4 Å². The number of hydrogen-bond donors (Lipinski definition) is 2. The van der Waals surface area contributed by atoms with Crippen molar-refractivity contribution in [1.29, 1.82) is 0 Å². The zero-order valence-electron chi connectivity index (χ0n) is 18.3. The van der Waals surface area contributed by atoms with E-state index in [-0.39, 0.29) is 31.8 Å². The number of rotatable bonds is 6. The lowest BCUT2D eigenvalue weighted by atomic mass is 9.86. The monoisotopic (exact) mass is 439 g/mol. The lowest BCUT2D eigenvalue weighted by Crippen LogP contribution is -2.50. The summed E-state index contributed by atoms with van der Waals surface area (Å²) in [6.07, 6.45) is 10.6. The summed E-state index contributed by atoms with van der Waals surface area (Å²) in [5, 5.41) is 0. The molecule has 1 aliphatic heterocycles. The summed E-state index contributed by atoms with van der Waals surface area (Å²) in [6, 6.07) is 5.79. The number of ether oxygens (including phenoxy) is 1. The number of piperidine rings is 1. The molecular formula is C25H37N5O2. The quantitative estimate of drug-likeness (QED) is 0.661. The van der Waals surface area contributed by atoms with E-state index in [1.165, 1.54) is 19.3 Å². The normalized spacial score (nSPS) is 21.8. The molecule has 2 aromatic rings. The third kappa shape index (κ3) is 5.45. The summed E-state index contributed by atoms with van der Waals surface area (Å²) in [6.45, 7) is 1.47. The molecule has 1 aliphatic carbocycles. The van der Waals surface area contributed by atoms with Crippen LogP contribution in [0, 0.1) is 0 Å². The Morgan fingerprint density at radius 1 is 1.19 bits per heavy atom. The van der Waals surface area contributed by atoms with Crippen molar-refractivity contribution >= 4 is 17.2 Å². The van der Waals surface area contributed by atoms with E-state index in [1.807, 2.05) is 18.2 Å². The molecule has 7 heteroatoms. The average Bonchev–Trinajstić information content (AvgIpc) is 2.79. The molecule has 2 aliphatic rings. The van der Waals surface area contributed by atoms with E-state index in [1.54, 1.807) is 19.5 Å². The van der Waals surface area contributed by atoms with Crippen molar-refractivity contribution < 1.29 is 9.53 Å². The number of Topliss-reactive ketones (excluding diaryl/α,β-unsaturated/α-hetero) is 1. The summed E-state index contributed by atoms with van der Waals surface area (Å²) < 4.78 is 5.56. The second-order valence-corrected chi connectivity index (χ2v) is 8.87. The van der Waals surface area contributed by atoms with Gasteiger partial charge in [-0.05, 0) is 37.5 Å². The molecule has 4 N–H and O–H groups in total. The van der Waals surface area contributed by atoms with E-state index in [2.05, 4.69) is 9.88 Å². The van der Waals surface area contributed by atoms with E-state index in [0.29, 0.717) is 17.3 Å². The van der Waals surface area contributed by atoms with Gasteiger partial charge in [-0.15, -0.1) is 0 Å². The van der Waals surface area contributed by atoms with Gasteiger partial charge in [0.1, 0.15) is 5.69 Å². The predicted molar refractivity (Wildman–Crippen MR) is 129 cm³/mol. The first-order valence-electron chi connectivity index (χ1n) is 11.3. The minimum Gasteiger partial charge on any atom is -0.397 e. The lowest BCUT2D eigenvalue weighted by molar-refractivity contribution is 0.0835. The maximum atomic E-state index is 13.3. The highest BCUT2D eigenvalue weighted by molar-refractivity contribution is 6.00. The van der Waals surface area contributed by atoms with Gasteiger partial charge in [0.2, 0.25) is 0 Å². The molecule has 0 amide bonds. The molecule has 7 nitrogen and oxygen atoms in total. The van der Waals surface area contributed by atoms with Gasteiger partial charge < -0.3 is 21.1 Å². The number of hydrogen-bond acceptors (Lipinski definition) is 7. The maximum absolute atomic E-state index is 13.3. The standard InChI is InChI=1S/C24H33N5O2.CH4/c1-31-19-12-18(25)14-29(15-19)22-9-10-27-13-17(22)11-23(30)24-20(26)7-8-21(28-24)16-5-3-2-4-6-16;/h7-10,13,16,18-19H,2-6,11-12,14-15,25-26H2,1H3;1H4/t18-,19+;/m0./s1. The molecule has 1 saturated heterocycles. The highest BCUT2D eigenvalue weighted by Crippen LogP contribution is 2.32. The Kier molecular flexibility index (Phi) is 8.21. The van der Waals surface area contributed by atoms with Gasteiger partial charge in [-0.3, -0.25) is 9.78 Å². The van der Waals surface area contributed by atoms with Crippen LogP contribution >= 0.6 is 0 Å². The summed E-state index contributed by atoms with van der Waals surface area (Å²) in [7, 11) is 1.71. The number of nitrogens with zero attached hydrogens (tertiary/aromatic N) is 3. The van der Waals surface area contributed by atoms with E-state index < -0.39 is 0 Å². The number of methoxy groups -OCH3 is 1. The van der Waals surface area contributed by atoms with Crippen LogP contribution in [-0.4, -0.2) is 48.1 Å². The molecule has 2 aromatic heterocycles. The van der Waals surface area contributed by atoms with Gasteiger partial charge in [-0.2, -0.15) is 0 Å². The third-order valence-corrected chi connectivity index (χ3v) is 6.58. The Morgan fingerprint density at radius 2 is 1.97 bits per heavy atom. The van der Waals surface area contributed by atoms with Gasteiger partial charge in [0.05, 0.1) is 11.8 Å². The van der Waals surface area contributed by atoms with Crippen molar-refractivity contribution in [3.63, 3.8) is 0 Å². The summed E-state index contributed by atoms with van der Waals surface area (Å²) in [4.78, 5) is 24.4. The van der Waals surface area contributed by atoms with Gasteiger partial charge >= 0.3 is 0 Å². The highest BCUT2D eigenvalue weighted by Gasteiger charge is 2.27. The molecule has 2 fully saturated rings. The van der Waals surface area contributed by atoms with Crippen LogP contribution in [0.3, 0.4) is 0 Å². The topological polar surface area (TPSA) is 107 Å². The number of carbonyl (C=O) groups is 1. The zero-order chi connectivity index (χ0) is 21.8. The summed E-state index contributed by atoms with van der Waals surface area (Å²) in [5.74, 6) is 0.352. The number of aromatic nitrogens is 2. The second-order valence-electron chi connectivity index (χ2n) is 8.87. The van der Waals surface area contributed by atoms with Crippen molar-refractivity contribution in [3.8, 4) is 0 Å². The van der Waals surface area contributed by atoms with Crippen LogP contribution in [0.25, 0.3) is 0 Å². The van der Waals surface area contributed by atoms with Crippen molar-refractivity contribution in [2.24, 2.45) is 5.73 Å². The van der Waals surface area contributed by atoms with E-state index in [4.69, 9.17) is 21.2 Å². The molecule has 0 bridgehead atoms. The van der Waals surface area contributed by atoms with Gasteiger partial charge in [0, 0.05) is 67.9 Å². The number of anilines is 2. The Balaban J connectivity index is 0.00000289. The highest BCUT2D eigenvalue weighted by atomic mass is 16.5. The average molecular weight is 440 g/mol. The minimum atomic E-state index is -0.0750. The Labute approximate surface area is 191 Å². The number of nitrogens with two attached hydrogens (primary N) is 2. The Hall–Kier alpha value is -2.51. The predicted octanol–water partition coefficient (Wildman–Crippen LogP) is 3.72. The summed E-state index contributed by atoms with van der Waals surface area (Å²) >= 11 is 0. The van der Waals surface area contributed by atoms with Crippen LogP contribution in [0.1, 0.15) is 73.6 Å². The molecule has 1 saturated carbocycles. The first-order chi connectivity index (χ1) is 15.0. The van der Waals surface area contributed by atoms with E-state index in [0.717, 1.165) is 49.3 Å². The lowest BCUT2D eigenvalue weighted by Gasteiger charge is -2.37. The van der Waals surface area contributed by atoms with E-state index in [9.17, 15) is 4.79 Å². The SMILES string of the molecule is C.CO[C@@H]1C[C@H](N)CN(c2ccncc2CC(=O)c2nc(C3CCCCC3)ccc2N)C1. The number of pyridine rings is 2. The van der Waals surface area contributed by atoms with Crippen molar-refractivity contribution in [1.82, 2.24) is 9.97 Å². The Bertz CT molecular complexity index is 913. The van der Waals surface area contributed by atoms with Crippen LogP contribution in [-0.2, 0) is 11.2 Å². The summed E-state index contributed by atoms with van der Waals surface area (Å²) in [5.41, 5.74) is 16.1. The van der Waals surface area contributed by atoms with Gasteiger partial charge in [0.25, 0.3) is 0 Å². The molecule has 3 heterocycles. The van der Waals surface area contributed by atoms with E-state index >= 15 is 0 Å². The molecule has 0 spiro atoms. The van der Waals surface area contributed by atoms with Gasteiger partial charge in [-0.1, -0.05) is 26.7 Å². The second kappa shape index (κ2) is 10.9. The third-order valence-electron chi connectivity index (χ3n) is 6.58. The first kappa shape index (κ1) is 24.1. The first-order valence-corrected chi connectivity index (χ1v) is 11.3. The molecule has 174 valence electrons. The van der Waals surface area contributed by atoms with Crippen molar-refractivity contribution in [2.75, 3.05) is 30.8 Å². The fourth-order valence-corrected chi connectivity index (χ4v) is 4.91. The smallest absolute Gasteiger partial charge is 0.187 e. The zero-order valence-corrected chi connectivity index (χ0v) is 18.3. The molecular weight excluding hydrogens is 402 g/mol. The van der Waals surface area contributed by atoms with Crippen molar-refractivity contribution in [3.05, 3.63) is 47.5 Å². The number of nitrogen functional groups attached to an aromatic ring is 1. The van der Waals surface area contributed by atoms with Gasteiger partial charge in [-0.25, -0.2) is 4.98 Å². The van der Waals surface area contributed by atoms with Crippen LogP contribution in [0.5, 0.6) is 0 Å². The molecule has 0 aromatic carbocycles. The Morgan fingerprint density at radius 3 is 2.72 bits per heavy atom. The largest absolute Gasteiger partial charge is 0.397 e. The molecule has 2 atom stereocenters. The number of ketones is 1. The van der Waals surface area contributed by atoms with Crippen LogP contribution < -0.4 is 16.4 Å². The fraction of sp³-hybridized carbons (Fsp3) is 0.560. The molecule has 4 rings (SSSR count). The minimum absolute atomic E-state index is 0. The van der Waals surface area contributed by atoms with Gasteiger partial charge in [0.15, 0.2) is 5.78 Å². The molecule has 32 heavy (non-hydrogen) atoms. The number of carbonyl (C=O) groups excluding carboxylic acids is 1. The van der Waals surface area contributed by atoms with Crippen LogP contribution in [0.15, 0.2) is 30.6 Å². The van der Waals surface area contributed by atoms with Crippen LogP contribution in [0.2, 0.25) is 0 Å². The molecule has 0 unspecified atom stereocenters. The fourth-order valence-electron chi connectivity index (χ4n) is 4.91. The maximum Gasteiger partial charge on any atom is 0.187 e.